The van der Waals surface area contributed by atoms with E-state index in [-0.39, 0.29) is 25.0 Å². The molecule has 0 radical (unpaired) electrons. The van der Waals surface area contributed by atoms with Gasteiger partial charge in [-0.15, -0.1) is 0 Å². The Morgan fingerprint density at radius 1 is 0.607 bits per heavy atom. The van der Waals surface area contributed by atoms with Gasteiger partial charge in [0.25, 0.3) is 0 Å². The van der Waals surface area contributed by atoms with Crippen LogP contribution >= 0.6 is 0 Å². The van der Waals surface area contributed by atoms with Gasteiger partial charge in [-0.05, 0) is 12.8 Å². The number of carbonyl (C=O) groups is 2. The number of likely N-dealkylation sites (N-methyl/N-ethyl adjacent to an activating group) is 2. The number of hydrogen-bond donors (Lipinski definition) is 0. The van der Waals surface area contributed by atoms with Crippen molar-refractivity contribution < 1.29 is 19.1 Å². The molecule has 0 spiro atoms. The van der Waals surface area contributed by atoms with Gasteiger partial charge in [0.2, 0.25) is 11.8 Å². The molecule has 166 valence electrons. The van der Waals surface area contributed by atoms with Crippen LogP contribution in [0.4, 0.5) is 0 Å². The Morgan fingerprint density at radius 2 is 0.964 bits per heavy atom. The van der Waals surface area contributed by atoms with Gasteiger partial charge in [0, 0.05) is 27.2 Å². The van der Waals surface area contributed by atoms with Crippen molar-refractivity contribution in [2.75, 3.05) is 53.6 Å². The molecule has 0 aromatic heterocycles. The molecule has 6 nitrogen and oxygen atoms in total. The minimum absolute atomic E-state index is 0.00521. The van der Waals surface area contributed by atoms with Gasteiger partial charge in [0.1, 0.15) is 13.2 Å². The summed E-state index contributed by atoms with van der Waals surface area (Å²) < 4.78 is 10.7. The molecule has 0 aliphatic heterocycles. The molecule has 6 heteroatoms. The van der Waals surface area contributed by atoms with E-state index in [0.717, 1.165) is 25.9 Å². The van der Waals surface area contributed by atoms with Crippen molar-refractivity contribution in [2.24, 2.45) is 0 Å². The molecule has 0 aromatic carbocycles. The molecule has 0 unspecified atom stereocenters. The molecule has 0 heterocycles. The fourth-order valence-corrected chi connectivity index (χ4v) is 2.81. The maximum Gasteiger partial charge on any atom is 0.248 e. The molecule has 0 saturated carbocycles. The van der Waals surface area contributed by atoms with Crippen molar-refractivity contribution in [2.45, 2.75) is 78.1 Å². The first-order valence-corrected chi connectivity index (χ1v) is 11.2. The maximum absolute atomic E-state index is 12.0. The molecule has 0 atom stereocenters. The third kappa shape index (κ3) is 15.9. The quantitative estimate of drug-likeness (QED) is 0.309. The van der Waals surface area contributed by atoms with Crippen LogP contribution in [-0.2, 0) is 19.1 Å². The SMILES string of the molecule is CCCCCCCN(C)C(=O)COCCOCC(=O)N(C)CCCCCCC. The summed E-state index contributed by atoms with van der Waals surface area (Å²) in [6.07, 6.45) is 11.9. The first-order chi connectivity index (χ1) is 13.5. The molecule has 0 aliphatic rings. The Labute approximate surface area is 172 Å². The van der Waals surface area contributed by atoms with E-state index in [4.69, 9.17) is 9.47 Å². The van der Waals surface area contributed by atoms with Crippen molar-refractivity contribution in [1.82, 2.24) is 9.80 Å². The van der Waals surface area contributed by atoms with Gasteiger partial charge in [-0.2, -0.15) is 0 Å². The summed E-state index contributed by atoms with van der Waals surface area (Å²) in [5.41, 5.74) is 0. The van der Waals surface area contributed by atoms with Crippen LogP contribution in [0.5, 0.6) is 0 Å². The molecule has 0 saturated heterocycles. The Morgan fingerprint density at radius 3 is 1.32 bits per heavy atom. The third-order valence-corrected chi connectivity index (χ3v) is 4.87. The monoisotopic (exact) mass is 400 g/mol. The highest BCUT2D eigenvalue weighted by Gasteiger charge is 2.10. The zero-order valence-electron chi connectivity index (χ0n) is 18.8. The topological polar surface area (TPSA) is 59.1 Å². The fraction of sp³-hybridized carbons (Fsp3) is 0.909. The summed E-state index contributed by atoms with van der Waals surface area (Å²) in [6, 6.07) is 0. The van der Waals surface area contributed by atoms with E-state index in [2.05, 4.69) is 13.8 Å². The predicted molar refractivity (Wildman–Crippen MR) is 114 cm³/mol. The number of carbonyl (C=O) groups excluding carboxylic acids is 2. The molecule has 0 fully saturated rings. The average molecular weight is 401 g/mol. The van der Waals surface area contributed by atoms with Crippen molar-refractivity contribution >= 4 is 11.8 Å². The Kier molecular flexibility index (Phi) is 18.4. The van der Waals surface area contributed by atoms with Crippen molar-refractivity contribution in [3.05, 3.63) is 0 Å². The van der Waals surface area contributed by atoms with Gasteiger partial charge >= 0.3 is 0 Å². The third-order valence-electron chi connectivity index (χ3n) is 4.87. The number of nitrogens with zero attached hydrogens (tertiary/aromatic N) is 2. The summed E-state index contributed by atoms with van der Waals surface area (Å²) in [5, 5.41) is 0. The zero-order valence-corrected chi connectivity index (χ0v) is 18.8. The summed E-state index contributed by atoms with van der Waals surface area (Å²) in [5.74, 6) is -0.0104. The number of rotatable bonds is 19. The van der Waals surface area contributed by atoms with E-state index in [0.29, 0.717) is 13.2 Å². The molecule has 0 N–H and O–H groups in total. The van der Waals surface area contributed by atoms with Crippen LogP contribution in [0, 0.1) is 0 Å². The van der Waals surface area contributed by atoms with Gasteiger partial charge in [-0.25, -0.2) is 0 Å². The molecule has 28 heavy (non-hydrogen) atoms. The second kappa shape index (κ2) is 19.2. The number of amides is 2. The maximum atomic E-state index is 12.0. The van der Waals surface area contributed by atoms with Gasteiger partial charge in [0.05, 0.1) is 13.2 Å². The summed E-state index contributed by atoms with van der Waals surface area (Å²) in [4.78, 5) is 27.4. The van der Waals surface area contributed by atoms with Crippen molar-refractivity contribution in [3.8, 4) is 0 Å². The predicted octanol–water partition coefficient (Wildman–Crippen LogP) is 3.88. The first-order valence-electron chi connectivity index (χ1n) is 11.2. The molecular formula is C22H44N2O4. The molecule has 0 rings (SSSR count). The van der Waals surface area contributed by atoms with Crippen LogP contribution < -0.4 is 0 Å². The summed E-state index contributed by atoms with van der Waals surface area (Å²) >= 11 is 0. The Hall–Kier alpha value is -1.14. The smallest absolute Gasteiger partial charge is 0.248 e. The highest BCUT2D eigenvalue weighted by atomic mass is 16.5. The van der Waals surface area contributed by atoms with E-state index < -0.39 is 0 Å². The zero-order chi connectivity index (χ0) is 21.0. The normalized spacial score (nSPS) is 10.9. The lowest BCUT2D eigenvalue weighted by Gasteiger charge is -2.18. The molecule has 0 aromatic rings. The van der Waals surface area contributed by atoms with Crippen LogP contribution in [0.1, 0.15) is 78.1 Å². The lowest BCUT2D eigenvalue weighted by atomic mass is 10.1. The standard InChI is InChI=1S/C22H44N2O4/c1-5-7-9-11-13-15-23(3)21(25)19-27-17-18-28-20-22(26)24(4)16-14-12-10-8-6-2/h5-20H2,1-4H3. The molecular weight excluding hydrogens is 356 g/mol. The summed E-state index contributed by atoms with van der Waals surface area (Å²) in [7, 11) is 3.64. The highest BCUT2D eigenvalue weighted by molar-refractivity contribution is 5.77. The molecule has 0 aliphatic carbocycles. The van der Waals surface area contributed by atoms with Crippen LogP contribution in [0.3, 0.4) is 0 Å². The second-order valence-corrected chi connectivity index (χ2v) is 7.56. The number of hydrogen-bond acceptors (Lipinski definition) is 4. The van der Waals surface area contributed by atoms with Crippen LogP contribution in [0.2, 0.25) is 0 Å². The lowest BCUT2D eigenvalue weighted by Crippen LogP contribution is -2.32. The average Bonchev–Trinajstić information content (AvgIpc) is 2.69. The van der Waals surface area contributed by atoms with Gasteiger partial charge < -0.3 is 19.3 Å². The highest BCUT2D eigenvalue weighted by Crippen LogP contribution is 2.04. The van der Waals surface area contributed by atoms with E-state index in [1.165, 1.54) is 51.4 Å². The first kappa shape index (κ1) is 26.9. The number of unbranched alkanes of at least 4 members (excludes halogenated alkanes) is 8. The van der Waals surface area contributed by atoms with Gasteiger partial charge in [0.15, 0.2) is 0 Å². The van der Waals surface area contributed by atoms with E-state index in [9.17, 15) is 9.59 Å². The lowest BCUT2D eigenvalue weighted by molar-refractivity contribution is -0.138. The Balaban J connectivity index is 3.58. The minimum Gasteiger partial charge on any atom is -0.369 e. The van der Waals surface area contributed by atoms with E-state index in [1.807, 2.05) is 14.1 Å². The summed E-state index contributed by atoms with van der Waals surface area (Å²) in [6.45, 7) is 6.74. The van der Waals surface area contributed by atoms with Gasteiger partial charge in [-0.1, -0.05) is 65.2 Å². The number of ether oxygens (including phenoxy) is 2. The largest absolute Gasteiger partial charge is 0.369 e. The molecule has 2 amide bonds. The minimum atomic E-state index is -0.00521. The van der Waals surface area contributed by atoms with E-state index in [1.54, 1.807) is 9.80 Å². The fourth-order valence-electron chi connectivity index (χ4n) is 2.81. The van der Waals surface area contributed by atoms with Crippen LogP contribution in [0.25, 0.3) is 0 Å². The van der Waals surface area contributed by atoms with Crippen LogP contribution in [-0.4, -0.2) is 75.2 Å². The van der Waals surface area contributed by atoms with Crippen LogP contribution in [0.15, 0.2) is 0 Å². The van der Waals surface area contributed by atoms with Crippen molar-refractivity contribution in [3.63, 3.8) is 0 Å². The van der Waals surface area contributed by atoms with Gasteiger partial charge in [-0.3, -0.25) is 9.59 Å². The second-order valence-electron chi connectivity index (χ2n) is 7.56. The van der Waals surface area contributed by atoms with E-state index >= 15 is 0 Å². The Bertz CT molecular complexity index is 355. The van der Waals surface area contributed by atoms with Crippen molar-refractivity contribution in [1.29, 1.82) is 0 Å². The molecule has 0 bridgehead atoms.